The van der Waals surface area contributed by atoms with Gasteiger partial charge in [-0.15, -0.1) is 0 Å². The maximum Gasteiger partial charge on any atom is 0.327 e. The molecular weight excluding hydrogens is 268 g/mol. The van der Waals surface area contributed by atoms with Gasteiger partial charge in [-0.1, -0.05) is 31.9 Å². The Morgan fingerprint density at radius 2 is 1.60 bits per heavy atom. The van der Waals surface area contributed by atoms with Crippen LogP contribution in [0.15, 0.2) is 0 Å². The highest BCUT2D eigenvalue weighted by molar-refractivity contribution is 9.10. The molecule has 1 rings (SSSR count). The van der Waals surface area contributed by atoms with Crippen LogP contribution in [0.4, 0.5) is 0 Å². The molecule has 3 nitrogen and oxygen atoms in total. The Kier molecular flexibility index (Phi) is 2.46. The molecule has 1 unspecified atom stereocenters. The first-order valence-corrected chi connectivity index (χ1v) is 4.48. The van der Waals surface area contributed by atoms with Gasteiger partial charge in [0.2, 0.25) is 0 Å². The van der Waals surface area contributed by atoms with Gasteiger partial charge in [0.05, 0.1) is 0 Å². The van der Waals surface area contributed by atoms with Gasteiger partial charge in [0.1, 0.15) is 9.65 Å². The molecule has 10 heavy (non-hydrogen) atoms. The molecule has 0 aromatic heterocycles. The van der Waals surface area contributed by atoms with E-state index in [1.165, 1.54) is 0 Å². The fourth-order valence-electron chi connectivity index (χ4n) is 0.601. The lowest BCUT2D eigenvalue weighted by Gasteiger charge is -2.17. The van der Waals surface area contributed by atoms with Crippen LogP contribution in [-0.4, -0.2) is 21.6 Å². The molecule has 0 bridgehead atoms. The number of rotatable bonds is 0. The van der Waals surface area contributed by atoms with Crippen molar-refractivity contribution in [3.63, 3.8) is 0 Å². The number of esters is 2. The summed E-state index contributed by atoms with van der Waals surface area (Å²) in [5, 5.41) is 0. The van der Waals surface area contributed by atoms with Crippen molar-refractivity contribution in [2.24, 2.45) is 0 Å². The van der Waals surface area contributed by atoms with E-state index in [2.05, 4.69) is 36.6 Å². The molecule has 56 valence electrons. The average Bonchev–Trinajstić information content (AvgIpc) is 1.84. The molecule has 1 aliphatic rings. The molecule has 1 saturated heterocycles. The number of halogens is 2. The van der Waals surface area contributed by atoms with Crippen LogP contribution in [0.5, 0.6) is 0 Å². The summed E-state index contributed by atoms with van der Waals surface area (Å²) in [6.45, 7) is 0. The van der Waals surface area contributed by atoms with Crippen molar-refractivity contribution < 1.29 is 14.3 Å². The maximum absolute atomic E-state index is 10.6. The monoisotopic (exact) mass is 270 g/mol. The minimum atomic E-state index is -0.499. The Morgan fingerprint density at radius 1 is 1.20 bits per heavy atom. The van der Waals surface area contributed by atoms with Crippen LogP contribution in [0.3, 0.4) is 0 Å². The molecule has 2 atom stereocenters. The van der Waals surface area contributed by atoms with E-state index >= 15 is 0 Å². The van der Waals surface area contributed by atoms with E-state index in [0.717, 1.165) is 0 Å². The van der Waals surface area contributed by atoms with Crippen molar-refractivity contribution >= 4 is 43.8 Å². The maximum atomic E-state index is 10.6. The highest BCUT2D eigenvalue weighted by Crippen LogP contribution is 2.22. The Hall–Kier alpha value is 0.1000. The molecule has 0 radical (unpaired) electrons. The second-order valence-electron chi connectivity index (χ2n) is 1.91. The summed E-state index contributed by atoms with van der Waals surface area (Å²) in [6.07, 6.45) is 0.456. The molecule has 0 amide bonds. The molecule has 0 aliphatic carbocycles. The van der Waals surface area contributed by atoms with Gasteiger partial charge in [0.15, 0.2) is 0 Å². The summed E-state index contributed by atoms with van der Waals surface area (Å²) in [5.74, 6) is -0.999. The number of carbonyl (C=O) groups excluding carboxylic acids is 2. The van der Waals surface area contributed by atoms with Gasteiger partial charge >= 0.3 is 11.9 Å². The van der Waals surface area contributed by atoms with Crippen molar-refractivity contribution in [3.05, 3.63) is 0 Å². The lowest BCUT2D eigenvalue weighted by Crippen LogP contribution is -2.35. The lowest BCUT2D eigenvalue weighted by atomic mass is 10.2. The Labute approximate surface area is 74.4 Å². The summed E-state index contributed by atoms with van der Waals surface area (Å²) >= 11 is 6.13. The number of hydrogen-bond donors (Lipinski definition) is 0. The fourth-order valence-corrected chi connectivity index (χ4v) is 2.04. The molecule has 0 aromatic rings. The van der Waals surface area contributed by atoms with E-state index in [0.29, 0.717) is 6.42 Å². The van der Waals surface area contributed by atoms with Crippen LogP contribution in [-0.2, 0) is 14.3 Å². The predicted molar refractivity (Wildman–Crippen MR) is 41.1 cm³/mol. The second kappa shape index (κ2) is 3.00. The van der Waals surface area contributed by atoms with Crippen molar-refractivity contribution in [1.82, 2.24) is 0 Å². The van der Waals surface area contributed by atoms with Crippen LogP contribution in [0.25, 0.3) is 0 Å². The summed E-state index contributed by atoms with van der Waals surface area (Å²) in [5.41, 5.74) is 0. The van der Waals surface area contributed by atoms with E-state index in [1.807, 2.05) is 0 Å². The van der Waals surface area contributed by atoms with E-state index in [9.17, 15) is 9.59 Å². The first kappa shape index (κ1) is 8.20. The van der Waals surface area contributed by atoms with Crippen LogP contribution in [0, 0.1) is 0 Å². The second-order valence-corrected chi connectivity index (χ2v) is 4.12. The van der Waals surface area contributed by atoms with Gasteiger partial charge < -0.3 is 4.74 Å². The third-order valence-corrected chi connectivity index (χ3v) is 2.62. The number of cyclic esters (lactones) is 2. The number of ether oxygens (including phenoxy) is 1. The first-order valence-electron chi connectivity index (χ1n) is 2.65. The fraction of sp³-hybridized carbons (Fsp3) is 0.600. The summed E-state index contributed by atoms with van der Waals surface area (Å²) in [4.78, 5) is 20.6. The van der Waals surface area contributed by atoms with E-state index in [1.54, 1.807) is 0 Å². The molecule has 1 aliphatic heterocycles. The van der Waals surface area contributed by atoms with Gasteiger partial charge in [-0.05, 0) is 6.42 Å². The van der Waals surface area contributed by atoms with Gasteiger partial charge in [-0.2, -0.15) is 0 Å². The smallest absolute Gasteiger partial charge is 0.327 e. The van der Waals surface area contributed by atoms with Crippen LogP contribution in [0.1, 0.15) is 6.42 Å². The third kappa shape index (κ3) is 1.58. The molecule has 1 heterocycles. The van der Waals surface area contributed by atoms with E-state index in [4.69, 9.17) is 0 Å². The Bertz CT molecular complexity index is 162. The minimum absolute atomic E-state index is 0.352. The molecule has 0 spiro atoms. The predicted octanol–water partition coefficient (Wildman–Crippen LogP) is 0.987. The zero-order valence-corrected chi connectivity index (χ0v) is 8.01. The SMILES string of the molecule is O=C1OC(=O)[C@@H](Br)CC1Br. The Balaban J connectivity index is 2.63. The van der Waals surface area contributed by atoms with Crippen LogP contribution >= 0.6 is 31.9 Å². The average molecular weight is 272 g/mol. The molecule has 0 aromatic carbocycles. The molecule has 1 fully saturated rings. The summed E-state index contributed by atoms with van der Waals surface area (Å²) < 4.78 is 4.34. The summed E-state index contributed by atoms with van der Waals surface area (Å²) in [6, 6.07) is 0. The number of hydrogen-bond acceptors (Lipinski definition) is 3. The third-order valence-electron chi connectivity index (χ3n) is 1.13. The minimum Gasteiger partial charge on any atom is -0.391 e. The quantitative estimate of drug-likeness (QED) is 0.375. The standard InChI is InChI=1S/C5H4Br2O3/c6-2-1-3(7)5(9)10-4(2)8/h2-3H,1H2/t2-,3?/m0/s1. The van der Waals surface area contributed by atoms with Crippen molar-refractivity contribution in [2.45, 2.75) is 16.1 Å². The summed E-state index contributed by atoms with van der Waals surface area (Å²) in [7, 11) is 0. The van der Waals surface area contributed by atoms with Gasteiger partial charge in [-0.3, -0.25) is 9.59 Å². The van der Waals surface area contributed by atoms with Gasteiger partial charge in [0, 0.05) is 0 Å². The van der Waals surface area contributed by atoms with Gasteiger partial charge in [-0.25, -0.2) is 0 Å². The zero-order chi connectivity index (χ0) is 7.72. The van der Waals surface area contributed by atoms with Crippen molar-refractivity contribution in [1.29, 1.82) is 0 Å². The highest BCUT2D eigenvalue weighted by atomic mass is 79.9. The van der Waals surface area contributed by atoms with Crippen molar-refractivity contribution in [3.8, 4) is 0 Å². The highest BCUT2D eigenvalue weighted by Gasteiger charge is 2.33. The largest absolute Gasteiger partial charge is 0.391 e. The molecule has 0 N–H and O–H groups in total. The number of carbonyl (C=O) groups is 2. The Morgan fingerprint density at radius 3 is 1.90 bits per heavy atom. The van der Waals surface area contributed by atoms with E-state index in [-0.39, 0.29) is 9.65 Å². The number of alkyl halides is 2. The van der Waals surface area contributed by atoms with Crippen LogP contribution in [0.2, 0.25) is 0 Å². The first-order chi connectivity index (χ1) is 4.61. The molecule has 5 heteroatoms. The van der Waals surface area contributed by atoms with Gasteiger partial charge in [0.25, 0.3) is 0 Å². The lowest BCUT2D eigenvalue weighted by molar-refractivity contribution is -0.161. The van der Waals surface area contributed by atoms with E-state index < -0.39 is 11.9 Å². The topological polar surface area (TPSA) is 43.4 Å². The molecule has 0 saturated carbocycles. The zero-order valence-electron chi connectivity index (χ0n) is 4.84. The van der Waals surface area contributed by atoms with Crippen LogP contribution < -0.4 is 0 Å². The van der Waals surface area contributed by atoms with Crippen molar-refractivity contribution in [2.75, 3.05) is 0 Å². The normalized spacial score (nSPS) is 33.8. The molecular formula is C5H4Br2O3.